The molecule has 118 valence electrons. The first-order valence-electron chi connectivity index (χ1n) is 7.74. The second-order valence-electron chi connectivity index (χ2n) is 6.13. The Morgan fingerprint density at radius 2 is 1.04 bits per heavy atom. The van der Waals surface area contributed by atoms with Crippen LogP contribution in [0.1, 0.15) is 11.1 Å². The van der Waals surface area contributed by atoms with Crippen molar-refractivity contribution in [2.75, 3.05) is 0 Å². The number of rotatable bonds is 2. The number of benzene rings is 1. The van der Waals surface area contributed by atoms with Gasteiger partial charge in [-0.1, -0.05) is 0 Å². The van der Waals surface area contributed by atoms with E-state index < -0.39 is 0 Å². The molecule has 0 aliphatic carbocycles. The van der Waals surface area contributed by atoms with E-state index in [2.05, 4.69) is 61.0 Å². The highest BCUT2D eigenvalue weighted by Crippen LogP contribution is 2.42. The van der Waals surface area contributed by atoms with Gasteiger partial charge in [0.25, 0.3) is 0 Å². The van der Waals surface area contributed by atoms with Crippen LogP contribution in [0.3, 0.4) is 0 Å². The summed E-state index contributed by atoms with van der Waals surface area (Å²) in [7, 11) is 0. The summed E-state index contributed by atoms with van der Waals surface area (Å²) in [6, 6.07) is 14.0. The fourth-order valence-corrected chi connectivity index (χ4v) is 7.16. The van der Waals surface area contributed by atoms with E-state index in [-0.39, 0.29) is 0 Å². The lowest BCUT2D eigenvalue weighted by Gasteiger charge is -1.89. The number of hydrogen-bond acceptors (Lipinski definition) is 4. The highest BCUT2D eigenvalue weighted by molar-refractivity contribution is 7.27. The molecule has 0 aliphatic rings. The minimum Gasteiger partial charge on any atom is -0.143 e. The third kappa shape index (κ3) is 2.45. The largest absolute Gasteiger partial charge is 0.143 e. The van der Waals surface area contributed by atoms with Crippen molar-refractivity contribution < 1.29 is 0 Å². The second-order valence-corrected chi connectivity index (χ2v) is 10.1. The Balaban J connectivity index is 1.64. The zero-order valence-electron chi connectivity index (χ0n) is 13.3. The summed E-state index contributed by atoms with van der Waals surface area (Å²) in [5.41, 5.74) is 2.70. The molecule has 0 saturated heterocycles. The molecule has 5 aromatic rings. The molecular formula is C20H14S4. The van der Waals surface area contributed by atoms with Crippen LogP contribution in [0.25, 0.3) is 39.7 Å². The van der Waals surface area contributed by atoms with Crippen LogP contribution in [0, 0.1) is 13.8 Å². The predicted molar refractivity (Wildman–Crippen MR) is 113 cm³/mol. The Kier molecular flexibility index (Phi) is 3.42. The fraction of sp³-hybridized carbons (Fsp3) is 0.100. The number of thiophene rings is 4. The Labute approximate surface area is 156 Å². The molecule has 0 nitrogen and oxygen atoms in total. The lowest BCUT2D eigenvalue weighted by atomic mass is 10.2. The van der Waals surface area contributed by atoms with Crippen molar-refractivity contribution in [1.29, 1.82) is 0 Å². The summed E-state index contributed by atoms with van der Waals surface area (Å²) in [6.45, 7) is 4.33. The lowest BCUT2D eigenvalue weighted by molar-refractivity contribution is 1.56. The summed E-state index contributed by atoms with van der Waals surface area (Å²) in [5.74, 6) is 0. The number of fused-ring (bicyclic) bond motifs is 2. The smallest absolute Gasteiger partial charge is 0.0455 e. The lowest BCUT2D eigenvalue weighted by Crippen LogP contribution is -1.63. The molecule has 24 heavy (non-hydrogen) atoms. The van der Waals surface area contributed by atoms with Crippen molar-refractivity contribution in [2.24, 2.45) is 0 Å². The van der Waals surface area contributed by atoms with Gasteiger partial charge < -0.3 is 0 Å². The molecule has 0 N–H and O–H groups in total. The van der Waals surface area contributed by atoms with Gasteiger partial charge in [0, 0.05) is 28.9 Å². The first kappa shape index (κ1) is 14.8. The quantitative estimate of drug-likeness (QED) is 0.289. The monoisotopic (exact) mass is 382 g/mol. The molecule has 0 saturated carbocycles. The molecular weight excluding hydrogens is 368 g/mol. The van der Waals surface area contributed by atoms with Gasteiger partial charge in [0.15, 0.2) is 0 Å². The average molecular weight is 383 g/mol. The van der Waals surface area contributed by atoms with Crippen LogP contribution in [0.2, 0.25) is 0 Å². The van der Waals surface area contributed by atoms with Crippen LogP contribution in [0.5, 0.6) is 0 Å². The normalized spacial score (nSPS) is 11.8. The Hall–Kier alpha value is -1.46. The van der Waals surface area contributed by atoms with Crippen LogP contribution in [-0.2, 0) is 0 Å². The molecule has 0 aliphatic heterocycles. The molecule has 0 radical (unpaired) electrons. The van der Waals surface area contributed by atoms with Gasteiger partial charge in [-0.15, -0.1) is 45.3 Å². The highest BCUT2D eigenvalue weighted by atomic mass is 32.1. The van der Waals surface area contributed by atoms with Crippen LogP contribution < -0.4 is 0 Å². The van der Waals surface area contributed by atoms with E-state index in [4.69, 9.17) is 0 Å². The topological polar surface area (TPSA) is 0 Å². The summed E-state index contributed by atoms with van der Waals surface area (Å²) in [5, 5.41) is 7.18. The number of aryl methyl sites for hydroxylation is 2. The molecule has 0 atom stereocenters. The standard InChI is InChI=1S/C20H14S4/c1-11-3-17(21-9-11)19-6-13-5-14-7-20(18-4-12(2)10-22-18)24-16(14)8-15(13)23-19/h3-10H,1-2H3. The van der Waals surface area contributed by atoms with E-state index >= 15 is 0 Å². The highest BCUT2D eigenvalue weighted by Gasteiger charge is 2.11. The Bertz CT molecular complexity index is 1040. The molecule has 0 bridgehead atoms. The maximum Gasteiger partial charge on any atom is 0.0455 e. The molecule has 0 spiro atoms. The van der Waals surface area contributed by atoms with Crippen molar-refractivity contribution in [3.63, 3.8) is 0 Å². The van der Waals surface area contributed by atoms with Crippen LogP contribution >= 0.6 is 45.3 Å². The third-order valence-electron chi connectivity index (χ3n) is 4.10. The zero-order valence-corrected chi connectivity index (χ0v) is 16.5. The van der Waals surface area contributed by atoms with E-state index in [1.807, 2.05) is 45.3 Å². The van der Waals surface area contributed by atoms with E-state index in [1.165, 1.54) is 50.8 Å². The molecule has 0 unspecified atom stereocenters. The van der Waals surface area contributed by atoms with E-state index in [9.17, 15) is 0 Å². The molecule has 4 heterocycles. The number of hydrogen-bond donors (Lipinski definition) is 0. The average Bonchev–Trinajstić information content (AvgIpc) is 3.29. The predicted octanol–water partition coefficient (Wildman–Crippen LogP) is 8.19. The first-order chi connectivity index (χ1) is 11.7. The maximum atomic E-state index is 2.37. The minimum absolute atomic E-state index is 1.35. The fourth-order valence-electron chi connectivity index (χ4n) is 2.94. The third-order valence-corrected chi connectivity index (χ3v) is 8.79. The molecule has 4 aromatic heterocycles. The minimum atomic E-state index is 1.35. The summed E-state index contributed by atoms with van der Waals surface area (Å²) in [6.07, 6.45) is 0. The van der Waals surface area contributed by atoms with Gasteiger partial charge in [0.2, 0.25) is 0 Å². The van der Waals surface area contributed by atoms with Gasteiger partial charge in [-0.05, 0) is 82.9 Å². The van der Waals surface area contributed by atoms with E-state index in [0.717, 1.165) is 0 Å². The Morgan fingerprint density at radius 3 is 1.46 bits per heavy atom. The molecule has 1 aromatic carbocycles. The van der Waals surface area contributed by atoms with Crippen molar-refractivity contribution in [2.45, 2.75) is 13.8 Å². The van der Waals surface area contributed by atoms with Crippen molar-refractivity contribution in [1.82, 2.24) is 0 Å². The van der Waals surface area contributed by atoms with Crippen LogP contribution in [0.4, 0.5) is 0 Å². The maximum absolute atomic E-state index is 2.37. The second kappa shape index (κ2) is 5.53. The van der Waals surface area contributed by atoms with Gasteiger partial charge in [-0.2, -0.15) is 0 Å². The van der Waals surface area contributed by atoms with Crippen molar-refractivity contribution in [3.8, 4) is 19.5 Å². The summed E-state index contributed by atoms with van der Waals surface area (Å²) in [4.78, 5) is 5.53. The van der Waals surface area contributed by atoms with Gasteiger partial charge in [-0.3, -0.25) is 0 Å². The van der Waals surface area contributed by atoms with Crippen LogP contribution in [0.15, 0.2) is 47.2 Å². The Morgan fingerprint density at radius 1 is 0.542 bits per heavy atom. The van der Waals surface area contributed by atoms with Gasteiger partial charge in [0.05, 0.1) is 0 Å². The van der Waals surface area contributed by atoms with Crippen molar-refractivity contribution >= 4 is 65.5 Å². The molecule has 0 amide bonds. The molecule has 4 heteroatoms. The van der Waals surface area contributed by atoms with Gasteiger partial charge >= 0.3 is 0 Å². The summed E-state index contributed by atoms with van der Waals surface area (Å²) >= 11 is 7.50. The first-order valence-corrected chi connectivity index (χ1v) is 11.1. The van der Waals surface area contributed by atoms with Gasteiger partial charge in [-0.25, -0.2) is 0 Å². The molecule has 0 fully saturated rings. The SMILES string of the molecule is Cc1csc(-c2cc3cc4cc(-c5cc(C)cs5)sc4cc3s2)c1. The van der Waals surface area contributed by atoms with Crippen molar-refractivity contribution in [3.05, 3.63) is 58.3 Å². The van der Waals surface area contributed by atoms with E-state index in [1.54, 1.807) is 0 Å². The van der Waals surface area contributed by atoms with Gasteiger partial charge in [0.1, 0.15) is 0 Å². The summed E-state index contributed by atoms with van der Waals surface area (Å²) < 4.78 is 2.78. The van der Waals surface area contributed by atoms with Crippen LogP contribution in [-0.4, -0.2) is 0 Å². The van der Waals surface area contributed by atoms with E-state index in [0.29, 0.717) is 0 Å². The molecule has 5 rings (SSSR count). The zero-order chi connectivity index (χ0) is 16.3.